The highest BCUT2D eigenvalue weighted by molar-refractivity contribution is 7.80. The van der Waals surface area contributed by atoms with Crippen LogP contribution in [0.2, 0.25) is 0 Å². The number of anilines is 2. The van der Waals surface area contributed by atoms with E-state index in [4.69, 9.17) is 18.0 Å². The third kappa shape index (κ3) is 3.58. The van der Waals surface area contributed by atoms with E-state index in [1.165, 1.54) is 22.4 Å². The predicted octanol–water partition coefficient (Wildman–Crippen LogP) is 4.18. The fourth-order valence-corrected chi connectivity index (χ4v) is 2.35. The summed E-state index contributed by atoms with van der Waals surface area (Å²) in [5.74, 6) is 0. The van der Waals surface area contributed by atoms with E-state index in [1.807, 2.05) is 26.0 Å². The third-order valence-electron chi connectivity index (χ3n) is 3.33. The first-order valence-electron chi connectivity index (χ1n) is 6.68. The van der Waals surface area contributed by atoms with Crippen LogP contribution < -0.4 is 11.1 Å². The van der Waals surface area contributed by atoms with E-state index < -0.39 is 0 Å². The highest BCUT2D eigenvalue weighted by Gasteiger charge is 2.13. The van der Waals surface area contributed by atoms with Crippen molar-refractivity contribution >= 4 is 28.6 Å². The number of hydrogen-bond donors (Lipinski definition) is 2. The maximum Gasteiger partial charge on any atom is 0.0842 e. The molecule has 2 aromatic carbocycles. The molecule has 0 saturated heterocycles. The van der Waals surface area contributed by atoms with Gasteiger partial charge in [-0.15, -0.1) is 0 Å². The lowest BCUT2D eigenvalue weighted by Gasteiger charge is -1.98. The van der Waals surface area contributed by atoms with E-state index in [9.17, 15) is 0 Å². The minimum absolute atomic E-state index is 0.884. The van der Waals surface area contributed by atoms with Gasteiger partial charge in [0.1, 0.15) is 0 Å². The van der Waals surface area contributed by atoms with Crippen molar-refractivity contribution in [1.82, 2.24) is 0 Å². The summed E-state index contributed by atoms with van der Waals surface area (Å²) in [5, 5.41) is 3.17. The van der Waals surface area contributed by atoms with Gasteiger partial charge in [-0.3, -0.25) is 0 Å². The standard InChI is InChI=1S/C9H9NS.C8H11N/c1-6-2-3-7-5-9(11)10-8(7)4-6;1-6-3-4-7(2)8(9)5-6/h2-4H,5H2,1H3,(H,10,11);3-5H,9H2,1-2H3. The second kappa shape index (κ2) is 6.06. The van der Waals surface area contributed by atoms with Crippen molar-refractivity contribution in [2.75, 3.05) is 11.1 Å². The smallest absolute Gasteiger partial charge is 0.0842 e. The number of rotatable bonds is 0. The van der Waals surface area contributed by atoms with E-state index in [0.29, 0.717) is 0 Å². The molecule has 0 aliphatic carbocycles. The fourth-order valence-electron chi connectivity index (χ4n) is 2.09. The average Bonchev–Trinajstić information content (AvgIpc) is 2.74. The number of hydrogen-bond acceptors (Lipinski definition) is 2. The van der Waals surface area contributed by atoms with Crippen molar-refractivity contribution < 1.29 is 0 Å². The summed E-state index contributed by atoms with van der Waals surface area (Å²) in [6.07, 6.45) is 0.908. The van der Waals surface area contributed by atoms with Gasteiger partial charge in [-0.25, -0.2) is 0 Å². The van der Waals surface area contributed by atoms with Crippen LogP contribution in [0.5, 0.6) is 0 Å². The Morgan fingerprint density at radius 3 is 2.30 bits per heavy atom. The molecule has 0 aromatic heterocycles. The first kappa shape index (κ1) is 14.5. The predicted molar refractivity (Wildman–Crippen MR) is 91.4 cm³/mol. The summed E-state index contributed by atoms with van der Waals surface area (Å²) in [4.78, 5) is 0.936. The van der Waals surface area contributed by atoms with E-state index in [-0.39, 0.29) is 0 Å². The molecule has 0 saturated carbocycles. The molecule has 3 rings (SSSR count). The van der Waals surface area contributed by atoms with Crippen molar-refractivity contribution in [1.29, 1.82) is 0 Å². The second-order valence-electron chi connectivity index (χ2n) is 5.25. The van der Waals surface area contributed by atoms with Gasteiger partial charge in [0.2, 0.25) is 0 Å². The zero-order valence-corrected chi connectivity index (χ0v) is 13.0. The maximum absolute atomic E-state index is 5.62. The van der Waals surface area contributed by atoms with Crippen LogP contribution in [0.4, 0.5) is 11.4 Å². The van der Waals surface area contributed by atoms with Gasteiger partial charge in [0.15, 0.2) is 0 Å². The molecule has 1 aliphatic heterocycles. The van der Waals surface area contributed by atoms with Crippen molar-refractivity contribution in [3.05, 3.63) is 58.7 Å². The van der Waals surface area contributed by atoms with Crippen LogP contribution in [0.1, 0.15) is 22.3 Å². The van der Waals surface area contributed by atoms with Gasteiger partial charge in [0.25, 0.3) is 0 Å². The Morgan fingerprint density at radius 1 is 1.00 bits per heavy atom. The van der Waals surface area contributed by atoms with Crippen LogP contribution >= 0.6 is 12.2 Å². The van der Waals surface area contributed by atoms with Gasteiger partial charge in [-0.2, -0.15) is 0 Å². The van der Waals surface area contributed by atoms with Crippen LogP contribution in [-0.2, 0) is 6.42 Å². The lowest BCUT2D eigenvalue weighted by molar-refractivity contribution is 1.38. The van der Waals surface area contributed by atoms with Gasteiger partial charge >= 0.3 is 0 Å². The van der Waals surface area contributed by atoms with Gasteiger partial charge < -0.3 is 11.1 Å². The minimum Gasteiger partial charge on any atom is -0.399 e. The molecule has 2 nitrogen and oxygen atoms in total. The molecule has 0 amide bonds. The highest BCUT2D eigenvalue weighted by Crippen LogP contribution is 2.24. The number of nitrogens with two attached hydrogens (primary N) is 1. The van der Waals surface area contributed by atoms with Gasteiger partial charge in [0, 0.05) is 17.8 Å². The van der Waals surface area contributed by atoms with Crippen LogP contribution in [0, 0.1) is 20.8 Å². The van der Waals surface area contributed by atoms with Crippen LogP contribution in [0.3, 0.4) is 0 Å². The SMILES string of the molecule is Cc1ccc(C)c(N)c1.Cc1ccc2c(c1)NC(=S)C2. The normalized spacial score (nSPS) is 12.2. The molecule has 3 N–H and O–H groups in total. The van der Waals surface area contributed by atoms with Gasteiger partial charge in [0.05, 0.1) is 4.99 Å². The first-order valence-corrected chi connectivity index (χ1v) is 7.08. The zero-order valence-electron chi connectivity index (χ0n) is 12.2. The number of nitrogen functional groups attached to an aromatic ring is 1. The Morgan fingerprint density at radius 2 is 1.65 bits per heavy atom. The molecule has 3 heteroatoms. The molecule has 0 bridgehead atoms. The summed E-state index contributed by atoms with van der Waals surface area (Å²) < 4.78 is 0. The summed E-state index contributed by atoms with van der Waals surface area (Å²) in [6, 6.07) is 12.5. The van der Waals surface area contributed by atoms with Crippen LogP contribution in [0.15, 0.2) is 36.4 Å². The zero-order chi connectivity index (χ0) is 14.7. The van der Waals surface area contributed by atoms with Crippen LogP contribution in [-0.4, -0.2) is 4.99 Å². The Balaban J connectivity index is 0.000000151. The summed E-state index contributed by atoms with van der Waals surface area (Å²) in [7, 11) is 0. The minimum atomic E-state index is 0.884. The topological polar surface area (TPSA) is 38.0 Å². The molecule has 0 radical (unpaired) electrons. The van der Waals surface area contributed by atoms with E-state index >= 15 is 0 Å². The quantitative estimate of drug-likeness (QED) is 0.563. The molecular weight excluding hydrogens is 264 g/mol. The summed E-state index contributed by atoms with van der Waals surface area (Å²) in [6.45, 7) is 6.13. The molecule has 0 spiro atoms. The van der Waals surface area contributed by atoms with Gasteiger partial charge in [-0.1, -0.05) is 36.5 Å². The summed E-state index contributed by atoms with van der Waals surface area (Å²) >= 11 is 5.06. The number of thiocarbonyl (C=S) groups is 1. The Labute approximate surface area is 126 Å². The molecule has 0 atom stereocenters. The molecule has 2 aromatic rings. The average molecular weight is 284 g/mol. The Bertz CT molecular complexity index is 647. The second-order valence-corrected chi connectivity index (χ2v) is 5.74. The molecule has 104 valence electrons. The van der Waals surface area contributed by atoms with Crippen molar-refractivity contribution in [3.8, 4) is 0 Å². The lowest BCUT2D eigenvalue weighted by Crippen LogP contribution is -2.00. The number of aryl methyl sites for hydroxylation is 3. The van der Waals surface area contributed by atoms with E-state index in [2.05, 4.69) is 36.5 Å². The molecule has 20 heavy (non-hydrogen) atoms. The monoisotopic (exact) mass is 284 g/mol. The van der Waals surface area contributed by atoms with E-state index in [1.54, 1.807) is 0 Å². The van der Waals surface area contributed by atoms with Crippen molar-refractivity contribution in [2.24, 2.45) is 0 Å². The first-order chi connectivity index (χ1) is 9.45. The number of benzene rings is 2. The molecule has 0 unspecified atom stereocenters. The fraction of sp³-hybridized carbons (Fsp3) is 0.235. The summed E-state index contributed by atoms with van der Waals surface area (Å²) in [5.41, 5.74) is 12.7. The highest BCUT2D eigenvalue weighted by atomic mass is 32.1. The number of fused-ring (bicyclic) bond motifs is 1. The number of nitrogens with one attached hydrogen (secondary N) is 1. The molecule has 1 aliphatic rings. The largest absolute Gasteiger partial charge is 0.399 e. The molecular formula is C17H20N2S. The Kier molecular flexibility index (Phi) is 4.40. The van der Waals surface area contributed by atoms with Crippen molar-refractivity contribution in [2.45, 2.75) is 27.2 Å². The molecule has 0 fully saturated rings. The maximum atomic E-state index is 5.62. The third-order valence-corrected chi connectivity index (χ3v) is 3.57. The van der Waals surface area contributed by atoms with Gasteiger partial charge in [-0.05, 0) is 55.2 Å². The Hall–Kier alpha value is -1.87. The molecule has 1 heterocycles. The van der Waals surface area contributed by atoms with Crippen molar-refractivity contribution in [3.63, 3.8) is 0 Å². The van der Waals surface area contributed by atoms with E-state index in [0.717, 1.165) is 22.7 Å². The lowest BCUT2D eigenvalue weighted by atomic mass is 10.1. The van der Waals surface area contributed by atoms with Crippen LogP contribution in [0.25, 0.3) is 0 Å².